The summed E-state index contributed by atoms with van der Waals surface area (Å²) in [5.41, 5.74) is 1.24. The number of ether oxygens (including phenoxy) is 1. The molecule has 0 bridgehead atoms. The van der Waals surface area contributed by atoms with Crippen LogP contribution >= 0.6 is 0 Å². The van der Waals surface area contributed by atoms with Gasteiger partial charge in [-0.25, -0.2) is 0 Å². The molecule has 23 heavy (non-hydrogen) atoms. The van der Waals surface area contributed by atoms with E-state index in [2.05, 4.69) is 5.32 Å². The fourth-order valence-corrected chi connectivity index (χ4v) is 3.16. The van der Waals surface area contributed by atoms with E-state index < -0.39 is 0 Å². The van der Waals surface area contributed by atoms with Crippen LogP contribution in [0.3, 0.4) is 0 Å². The Morgan fingerprint density at radius 1 is 1.04 bits per heavy atom. The van der Waals surface area contributed by atoms with E-state index in [1.807, 2.05) is 4.90 Å². The summed E-state index contributed by atoms with van der Waals surface area (Å²) in [6.07, 6.45) is 5.56. The van der Waals surface area contributed by atoms with E-state index in [4.69, 9.17) is 4.74 Å². The molecular formula is C18H24N2O3. The molecule has 124 valence electrons. The summed E-state index contributed by atoms with van der Waals surface area (Å²) in [4.78, 5) is 26.4. The second-order valence-corrected chi connectivity index (χ2v) is 6.28. The maximum absolute atomic E-state index is 12.4. The van der Waals surface area contributed by atoms with Gasteiger partial charge < -0.3 is 15.0 Å². The molecule has 2 aliphatic heterocycles. The van der Waals surface area contributed by atoms with Crippen LogP contribution in [0.5, 0.6) is 0 Å². The minimum absolute atomic E-state index is 0.0658. The van der Waals surface area contributed by atoms with Gasteiger partial charge in [-0.15, -0.1) is 0 Å². The van der Waals surface area contributed by atoms with Gasteiger partial charge in [0.15, 0.2) is 0 Å². The van der Waals surface area contributed by atoms with Crippen molar-refractivity contribution in [2.24, 2.45) is 0 Å². The van der Waals surface area contributed by atoms with E-state index in [0.717, 1.165) is 45.4 Å². The minimum atomic E-state index is -0.113. The molecule has 3 rings (SSSR count). The topological polar surface area (TPSA) is 58.6 Å². The van der Waals surface area contributed by atoms with Gasteiger partial charge in [0.1, 0.15) is 0 Å². The molecule has 0 saturated carbocycles. The minimum Gasteiger partial charge on any atom is -0.376 e. The number of carbonyl (C=O) groups is 2. The highest BCUT2D eigenvalue weighted by Gasteiger charge is 2.19. The predicted molar refractivity (Wildman–Crippen MR) is 87.5 cm³/mol. The molecule has 0 radical (unpaired) electrons. The van der Waals surface area contributed by atoms with Crippen molar-refractivity contribution in [1.82, 2.24) is 10.2 Å². The Bertz CT molecular complexity index is 544. The zero-order valence-electron chi connectivity index (χ0n) is 13.4. The fourth-order valence-electron chi connectivity index (χ4n) is 3.16. The van der Waals surface area contributed by atoms with Crippen molar-refractivity contribution >= 4 is 11.8 Å². The van der Waals surface area contributed by atoms with Crippen molar-refractivity contribution in [3.05, 3.63) is 35.4 Å². The Morgan fingerprint density at radius 3 is 2.39 bits per heavy atom. The van der Waals surface area contributed by atoms with Gasteiger partial charge in [-0.1, -0.05) is 0 Å². The Balaban J connectivity index is 1.55. The SMILES string of the molecule is O=C(NCC1CCCO1)c1ccc(C(=O)N2CCCCC2)cc1. The highest BCUT2D eigenvalue weighted by atomic mass is 16.5. The summed E-state index contributed by atoms with van der Waals surface area (Å²) in [5, 5.41) is 2.89. The highest BCUT2D eigenvalue weighted by molar-refractivity contribution is 5.97. The first-order valence-electron chi connectivity index (χ1n) is 8.53. The molecule has 0 aliphatic carbocycles. The van der Waals surface area contributed by atoms with Crippen LogP contribution in [-0.4, -0.2) is 49.1 Å². The van der Waals surface area contributed by atoms with Gasteiger partial charge in [0.05, 0.1) is 6.10 Å². The quantitative estimate of drug-likeness (QED) is 0.926. The number of nitrogens with one attached hydrogen (secondary N) is 1. The lowest BCUT2D eigenvalue weighted by molar-refractivity contribution is 0.0723. The van der Waals surface area contributed by atoms with E-state index in [9.17, 15) is 9.59 Å². The summed E-state index contributed by atoms with van der Waals surface area (Å²) in [7, 11) is 0. The van der Waals surface area contributed by atoms with Crippen molar-refractivity contribution in [3.63, 3.8) is 0 Å². The van der Waals surface area contributed by atoms with E-state index in [0.29, 0.717) is 17.7 Å². The third-order valence-electron chi connectivity index (χ3n) is 4.55. The number of benzene rings is 1. The summed E-state index contributed by atoms with van der Waals surface area (Å²) in [6.45, 7) is 3.01. The van der Waals surface area contributed by atoms with Crippen molar-refractivity contribution < 1.29 is 14.3 Å². The van der Waals surface area contributed by atoms with E-state index in [1.54, 1.807) is 24.3 Å². The maximum atomic E-state index is 12.4. The number of carbonyl (C=O) groups excluding carboxylic acids is 2. The molecular weight excluding hydrogens is 292 g/mol. The summed E-state index contributed by atoms with van der Waals surface area (Å²) >= 11 is 0. The smallest absolute Gasteiger partial charge is 0.253 e. The van der Waals surface area contributed by atoms with Crippen LogP contribution in [0.2, 0.25) is 0 Å². The lowest BCUT2D eigenvalue weighted by Crippen LogP contribution is -2.35. The van der Waals surface area contributed by atoms with Crippen LogP contribution in [-0.2, 0) is 4.74 Å². The standard InChI is InChI=1S/C18H24N2O3/c21-17(19-13-16-5-4-12-23-16)14-6-8-15(9-7-14)18(22)20-10-2-1-3-11-20/h6-9,16H,1-5,10-13H2,(H,19,21). The maximum Gasteiger partial charge on any atom is 0.253 e. The average Bonchev–Trinajstić information content (AvgIpc) is 3.13. The van der Waals surface area contributed by atoms with Crippen molar-refractivity contribution in [2.75, 3.05) is 26.2 Å². The molecule has 1 atom stereocenters. The van der Waals surface area contributed by atoms with E-state index in [-0.39, 0.29) is 17.9 Å². The van der Waals surface area contributed by atoms with Crippen molar-refractivity contribution in [2.45, 2.75) is 38.2 Å². The third-order valence-corrected chi connectivity index (χ3v) is 4.55. The van der Waals surface area contributed by atoms with Crippen LogP contribution in [0.4, 0.5) is 0 Å². The van der Waals surface area contributed by atoms with Crippen molar-refractivity contribution in [1.29, 1.82) is 0 Å². The largest absolute Gasteiger partial charge is 0.376 e. The van der Waals surface area contributed by atoms with Crippen LogP contribution in [0.15, 0.2) is 24.3 Å². The molecule has 1 N–H and O–H groups in total. The first-order valence-corrected chi connectivity index (χ1v) is 8.53. The van der Waals surface area contributed by atoms with Crippen LogP contribution in [0.25, 0.3) is 0 Å². The Kier molecular flexibility index (Phi) is 5.28. The van der Waals surface area contributed by atoms with Gasteiger partial charge in [0.2, 0.25) is 0 Å². The number of hydrogen-bond acceptors (Lipinski definition) is 3. The lowest BCUT2D eigenvalue weighted by Gasteiger charge is -2.26. The van der Waals surface area contributed by atoms with Crippen LogP contribution < -0.4 is 5.32 Å². The number of piperidine rings is 1. The molecule has 1 aromatic carbocycles. The predicted octanol–water partition coefficient (Wildman–Crippen LogP) is 2.22. The molecule has 1 unspecified atom stereocenters. The van der Waals surface area contributed by atoms with Gasteiger partial charge in [-0.2, -0.15) is 0 Å². The van der Waals surface area contributed by atoms with Crippen LogP contribution in [0, 0.1) is 0 Å². The van der Waals surface area contributed by atoms with Gasteiger partial charge in [-0.3, -0.25) is 9.59 Å². The Hall–Kier alpha value is -1.88. The fraction of sp³-hybridized carbons (Fsp3) is 0.556. The number of amides is 2. The molecule has 0 aromatic heterocycles. The molecule has 2 amide bonds. The molecule has 0 spiro atoms. The number of nitrogens with zero attached hydrogens (tertiary/aromatic N) is 1. The number of rotatable bonds is 4. The van der Waals surface area contributed by atoms with E-state index in [1.165, 1.54) is 6.42 Å². The number of likely N-dealkylation sites (tertiary alicyclic amines) is 1. The molecule has 2 fully saturated rings. The second kappa shape index (κ2) is 7.59. The molecule has 1 aromatic rings. The lowest BCUT2D eigenvalue weighted by atomic mass is 10.1. The Morgan fingerprint density at radius 2 is 1.74 bits per heavy atom. The molecule has 5 heteroatoms. The first-order chi connectivity index (χ1) is 11.2. The normalized spacial score (nSPS) is 21.2. The zero-order chi connectivity index (χ0) is 16.1. The summed E-state index contributed by atoms with van der Waals surface area (Å²) in [5.74, 6) is -0.0477. The molecule has 2 heterocycles. The van der Waals surface area contributed by atoms with Crippen molar-refractivity contribution in [3.8, 4) is 0 Å². The molecule has 5 nitrogen and oxygen atoms in total. The second-order valence-electron chi connectivity index (χ2n) is 6.28. The van der Waals surface area contributed by atoms with E-state index >= 15 is 0 Å². The zero-order valence-corrected chi connectivity index (χ0v) is 13.4. The summed E-state index contributed by atoms with van der Waals surface area (Å²) in [6, 6.07) is 6.94. The first kappa shape index (κ1) is 16.0. The van der Waals surface area contributed by atoms with Gasteiger partial charge in [-0.05, 0) is 56.4 Å². The van der Waals surface area contributed by atoms with Gasteiger partial charge >= 0.3 is 0 Å². The monoisotopic (exact) mass is 316 g/mol. The summed E-state index contributed by atoms with van der Waals surface area (Å²) < 4.78 is 5.49. The number of hydrogen-bond donors (Lipinski definition) is 1. The van der Waals surface area contributed by atoms with Gasteiger partial charge in [0, 0.05) is 37.4 Å². The molecule has 2 aliphatic rings. The average molecular weight is 316 g/mol. The highest BCUT2D eigenvalue weighted by Crippen LogP contribution is 2.14. The van der Waals surface area contributed by atoms with Gasteiger partial charge in [0.25, 0.3) is 11.8 Å². The molecule has 2 saturated heterocycles. The van der Waals surface area contributed by atoms with Crippen LogP contribution in [0.1, 0.15) is 52.8 Å². The third kappa shape index (κ3) is 4.10. The Labute approximate surface area is 137 Å².